The summed E-state index contributed by atoms with van der Waals surface area (Å²) in [5.74, 6) is 1.46. The molecule has 0 aromatic heterocycles. The molecule has 0 atom stereocenters. The fourth-order valence-electron chi connectivity index (χ4n) is 2.23. The van der Waals surface area contributed by atoms with Crippen LogP contribution in [0, 0.1) is 10.1 Å². The number of benzene rings is 1. The van der Waals surface area contributed by atoms with Gasteiger partial charge < -0.3 is 4.74 Å². The van der Waals surface area contributed by atoms with Crippen molar-refractivity contribution < 1.29 is 14.5 Å². The van der Waals surface area contributed by atoms with Gasteiger partial charge in [-0.2, -0.15) is 0 Å². The molecule has 86 valence electrons. The number of nitrogens with zero attached hydrogens (tertiary/aromatic N) is 1. The topological polar surface area (TPSA) is 69.4 Å². The van der Waals surface area contributed by atoms with Gasteiger partial charge in [0, 0.05) is 42.5 Å². The third-order valence-electron chi connectivity index (χ3n) is 3.11. The zero-order chi connectivity index (χ0) is 12.0. The summed E-state index contributed by atoms with van der Waals surface area (Å²) in [5.41, 5.74) is 1.42. The first-order valence-electron chi connectivity index (χ1n) is 5.35. The Morgan fingerprint density at radius 3 is 2.88 bits per heavy atom. The maximum absolute atomic E-state index is 11.6. The number of rotatable bonds is 1. The normalized spacial score (nSPS) is 17.5. The summed E-state index contributed by atoms with van der Waals surface area (Å²) >= 11 is 0. The molecule has 1 aromatic carbocycles. The second kappa shape index (κ2) is 3.41. The molecular weight excluding hydrogens is 222 g/mol. The van der Waals surface area contributed by atoms with Crippen molar-refractivity contribution in [3.8, 4) is 5.75 Å². The van der Waals surface area contributed by atoms with E-state index in [9.17, 15) is 14.9 Å². The minimum atomic E-state index is -0.444. The predicted octanol–water partition coefficient (Wildman–Crippen LogP) is 2.15. The summed E-state index contributed by atoms with van der Waals surface area (Å²) < 4.78 is 5.60. The van der Waals surface area contributed by atoms with E-state index in [-0.39, 0.29) is 11.5 Å². The Morgan fingerprint density at radius 2 is 2.12 bits per heavy atom. The maximum atomic E-state index is 11.6. The van der Waals surface area contributed by atoms with Crippen LogP contribution in [-0.4, -0.2) is 10.7 Å². The number of nitro benzene ring substituents is 1. The molecule has 0 radical (unpaired) electrons. The third-order valence-corrected chi connectivity index (χ3v) is 3.11. The Morgan fingerprint density at radius 1 is 1.29 bits per heavy atom. The van der Waals surface area contributed by atoms with Crippen molar-refractivity contribution in [2.45, 2.75) is 19.3 Å². The lowest BCUT2D eigenvalue weighted by atomic mass is 10.00. The molecule has 3 rings (SSSR count). The molecule has 5 nitrogen and oxygen atoms in total. The van der Waals surface area contributed by atoms with Gasteiger partial charge in [0.2, 0.25) is 0 Å². The van der Waals surface area contributed by atoms with Crippen LogP contribution < -0.4 is 4.74 Å². The SMILES string of the molecule is O=C1CCC2=C1Cc1cc([N+](=O)[O-])ccc1O2. The Bertz CT molecular complexity index is 574. The van der Waals surface area contributed by atoms with Gasteiger partial charge in [0.1, 0.15) is 11.5 Å². The minimum absolute atomic E-state index is 0.0295. The first-order valence-corrected chi connectivity index (χ1v) is 5.35. The number of fused-ring (bicyclic) bond motifs is 1. The van der Waals surface area contributed by atoms with Gasteiger partial charge in [0.25, 0.3) is 5.69 Å². The fourth-order valence-corrected chi connectivity index (χ4v) is 2.23. The number of hydrogen-bond acceptors (Lipinski definition) is 4. The molecule has 1 aliphatic heterocycles. The molecule has 0 saturated heterocycles. The average molecular weight is 231 g/mol. The van der Waals surface area contributed by atoms with E-state index in [2.05, 4.69) is 0 Å². The summed E-state index contributed by atoms with van der Waals surface area (Å²) in [6.45, 7) is 0. The van der Waals surface area contributed by atoms with Gasteiger partial charge in [-0.25, -0.2) is 0 Å². The smallest absolute Gasteiger partial charge is 0.269 e. The standard InChI is InChI=1S/C12H9NO4/c14-10-2-4-12-9(10)6-7-5-8(13(15)16)1-3-11(7)17-12/h1,3,5H,2,4,6H2. The van der Waals surface area contributed by atoms with E-state index in [1.807, 2.05) is 0 Å². The zero-order valence-corrected chi connectivity index (χ0v) is 8.93. The van der Waals surface area contributed by atoms with Gasteiger partial charge in [-0.1, -0.05) is 0 Å². The summed E-state index contributed by atoms with van der Waals surface area (Å²) in [5, 5.41) is 10.7. The molecule has 0 amide bonds. The lowest BCUT2D eigenvalue weighted by Crippen LogP contribution is -2.10. The number of carbonyl (C=O) groups excluding carboxylic acids is 1. The molecule has 17 heavy (non-hydrogen) atoms. The van der Waals surface area contributed by atoms with E-state index in [0.717, 1.165) is 5.76 Å². The molecule has 5 heteroatoms. The van der Waals surface area contributed by atoms with E-state index in [1.165, 1.54) is 12.1 Å². The van der Waals surface area contributed by atoms with Crippen molar-refractivity contribution in [3.63, 3.8) is 0 Å². The van der Waals surface area contributed by atoms with Gasteiger partial charge in [-0.05, 0) is 6.07 Å². The van der Waals surface area contributed by atoms with Crippen molar-refractivity contribution >= 4 is 11.5 Å². The molecule has 0 unspecified atom stereocenters. The third kappa shape index (κ3) is 1.51. The van der Waals surface area contributed by atoms with Crippen LogP contribution in [0.15, 0.2) is 29.5 Å². The van der Waals surface area contributed by atoms with Gasteiger partial charge in [0.15, 0.2) is 5.78 Å². The number of non-ortho nitro benzene ring substituents is 1. The highest BCUT2D eigenvalue weighted by molar-refractivity contribution is 5.99. The largest absolute Gasteiger partial charge is 0.461 e. The highest BCUT2D eigenvalue weighted by atomic mass is 16.6. The molecular formula is C12H9NO4. The summed E-state index contributed by atoms with van der Waals surface area (Å²) in [7, 11) is 0. The van der Waals surface area contributed by atoms with E-state index >= 15 is 0 Å². The minimum Gasteiger partial charge on any atom is -0.461 e. The van der Waals surface area contributed by atoms with Crippen LogP contribution in [0.25, 0.3) is 0 Å². The Hall–Kier alpha value is -2.17. The van der Waals surface area contributed by atoms with Gasteiger partial charge in [0.05, 0.1) is 4.92 Å². The van der Waals surface area contributed by atoms with Gasteiger partial charge >= 0.3 is 0 Å². The van der Waals surface area contributed by atoms with Crippen molar-refractivity contribution in [3.05, 3.63) is 45.2 Å². The molecule has 0 N–H and O–H groups in total. The number of ketones is 1. The lowest BCUT2D eigenvalue weighted by Gasteiger charge is -2.18. The van der Waals surface area contributed by atoms with Crippen molar-refractivity contribution in [2.24, 2.45) is 0 Å². The molecule has 0 fully saturated rings. The van der Waals surface area contributed by atoms with Gasteiger partial charge in [-0.15, -0.1) is 0 Å². The highest BCUT2D eigenvalue weighted by Gasteiger charge is 2.30. The summed E-state index contributed by atoms with van der Waals surface area (Å²) in [6.07, 6.45) is 1.58. The number of hydrogen-bond donors (Lipinski definition) is 0. The number of ether oxygens (including phenoxy) is 1. The van der Waals surface area contributed by atoms with E-state index < -0.39 is 4.92 Å². The van der Waals surface area contributed by atoms with Crippen LogP contribution in [-0.2, 0) is 11.2 Å². The van der Waals surface area contributed by atoms with E-state index in [4.69, 9.17) is 4.74 Å². The maximum Gasteiger partial charge on any atom is 0.269 e. The number of allylic oxidation sites excluding steroid dienone is 2. The van der Waals surface area contributed by atoms with Crippen LogP contribution in [0.1, 0.15) is 18.4 Å². The van der Waals surface area contributed by atoms with Crippen LogP contribution in [0.5, 0.6) is 5.75 Å². The molecule has 1 heterocycles. The summed E-state index contributed by atoms with van der Waals surface area (Å²) in [6, 6.07) is 4.49. The zero-order valence-electron chi connectivity index (χ0n) is 8.93. The molecule has 0 saturated carbocycles. The molecule has 1 aromatic rings. The highest BCUT2D eigenvalue weighted by Crippen LogP contribution is 2.37. The number of Topliss-reactive ketones (excluding diaryl/α,β-unsaturated/α-hetero) is 1. The molecule has 0 bridgehead atoms. The first kappa shape index (κ1) is 10.0. The monoisotopic (exact) mass is 231 g/mol. The molecule has 2 aliphatic rings. The Labute approximate surface area is 96.8 Å². The van der Waals surface area contributed by atoms with Crippen molar-refractivity contribution in [2.75, 3.05) is 0 Å². The van der Waals surface area contributed by atoms with Gasteiger partial charge in [-0.3, -0.25) is 14.9 Å². The quantitative estimate of drug-likeness (QED) is 0.548. The molecule has 0 spiro atoms. The van der Waals surface area contributed by atoms with E-state index in [1.54, 1.807) is 6.07 Å². The van der Waals surface area contributed by atoms with Crippen LogP contribution in [0.3, 0.4) is 0 Å². The average Bonchev–Trinajstić information content (AvgIpc) is 2.67. The Kier molecular flexibility index (Phi) is 2.01. The predicted molar refractivity (Wildman–Crippen MR) is 58.7 cm³/mol. The van der Waals surface area contributed by atoms with Crippen LogP contribution in [0.2, 0.25) is 0 Å². The van der Waals surface area contributed by atoms with Crippen LogP contribution >= 0.6 is 0 Å². The number of nitro groups is 1. The molecule has 1 aliphatic carbocycles. The van der Waals surface area contributed by atoms with E-state index in [0.29, 0.717) is 36.1 Å². The number of carbonyl (C=O) groups is 1. The lowest BCUT2D eigenvalue weighted by molar-refractivity contribution is -0.384. The van der Waals surface area contributed by atoms with Crippen molar-refractivity contribution in [1.82, 2.24) is 0 Å². The Balaban J connectivity index is 2.02. The fraction of sp³-hybridized carbons (Fsp3) is 0.250. The van der Waals surface area contributed by atoms with Crippen LogP contribution in [0.4, 0.5) is 5.69 Å². The first-order chi connectivity index (χ1) is 8.15. The summed E-state index contributed by atoms with van der Waals surface area (Å²) in [4.78, 5) is 21.8. The second-order valence-corrected chi connectivity index (χ2v) is 4.15. The second-order valence-electron chi connectivity index (χ2n) is 4.15. The van der Waals surface area contributed by atoms with Crippen molar-refractivity contribution in [1.29, 1.82) is 0 Å².